The number of hydrogen-bond donors (Lipinski definition) is 0. The van der Waals surface area contributed by atoms with Gasteiger partial charge in [0, 0.05) is 32.2 Å². The topological polar surface area (TPSA) is 92.8 Å². The van der Waals surface area contributed by atoms with Gasteiger partial charge in [-0.1, -0.05) is 84.6 Å². The molecule has 1 aliphatic rings. The smallest absolute Gasteiger partial charge is 0.290 e. The van der Waals surface area contributed by atoms with Crippen molar-refractivity contribution >= 4 is 39.7 Å². The van der Waals surface area contributed by atoms with Crippen LogP contribution in [0.4, 0.5) is 11.4 Å². The summed E-state index contributed by atoms with van der Waals surface area (Å²) in [4.78, 5) is 25.9. The number of piperazine rings is 1. The minimum Gasteiger partial charge on any atom is -0.355 e. The maximum Gasteiger partial charge on any atom is 0.290 e. The lowest BCUT2D eigenvalue weighted by molar-refractivity contribution is -0.396. The van der Waals surface area contributed by atoms with E-state index < -0.39 is 9.85 Å². The Morgan fingerprint density at radius 3 is 1.88 bits per heavy atom. The Hall–Kier alpha value is -3.34. The van der Waals surface area contributed by atoms with Crippen LogP contribution >= 0.6 is 24.0 Å². The monoisotopic (exact) mass is 494 g/mol. The summed E-state index contributed by atoms with van der Waals surface area (Å²) in [5.74, 6) is 0. The molecule has 1 fully saturated rings. The second-order valence-electron chi connectivity index (χ2n) is 7.78. The SMILES string of the molecule is O=[N+]([O-])c1ccc(SC(=S)N2CCN(C(c3ccccc3)c3ccccc3)CC2)c([N+](=O)[O-])c1. The Kier molecular flexibility index (Phi) is 7.51. The number of rotatable bonds is 6. The minimum atomic E-state index is -0.644. The van der Waals surface area contributed by atoms with Crippen molar-refractivity contribution in [2.45, 2.75) is 10.9 Å². The molecule has 3 aromatic rings. The Bertz CT molecular complexity index is 1150. The molecule has 34 heavy (non-hydrogen) atoms. The predicted molar refractivity (Wildman–Crippen MR) is 136 cm³/mol. The van der Waals surface area contributed by atoms with Crippen LogP contribution in [0.15, 0.2) is 83.8 Å². The van der Waals surface area contributed by atoms with Gasteiger partial charge in [0.2, 0.25) is 0 Å². The first-order valence-corrected chi connectivity index (χ1v) is 11.9. The molecular formula is C24H22N4O4S2. The molecule has 3 aromatic carbocycles. The molecule has 4 rings (SSSR count). The fourth-order valence-corrected chi connectivity index (χ4v) is 5.38. The van der Waals surface area contributed by atoms with Crippen LogP contribution < -0.4 is 0 Å². The fraction of sp³-hybridized carbons (Fsp3) is 0.208. The van der Waals surface area contributed by atoms with Gasteiger partial charge in [-0.25, -0.2) is 0 Å². The van der Waals surface area contributed by atoms with Crippen molar-refractivity contribution in [3.63, 3.8) is 0 Å². The number of benzene rings is 3. The Labute approximate surface area is 206 Å². The highest BCUT2D eigenvalue weighted by atomic mass is 32.2. The van der Waals surface area contributed by atoms with E-state index in [1.54, 1.807) is 0 Å². The molecule has 1 saturated heterocycles. The number of nitro groups is 2. The van der Waals surface area contributed by atoms with Crippen LogP contribution in [0, 0.1) is 20.2 Å². The van der Waals surface area contributed by atoms with Crippen molar-refractivity contribution in [1.29, 1.82) is 0 Å². The summed E-state index contributed by atoms with van der Waals surface area (Å²) in [6.07, 6.45) is 0. The summed E-state index contributed by atoms with van der Waals surface area (Å²) in [5.41, 5.74) is 1.82. The molecular weight excluding hydrogens is 472 g/mol. The van der Waals surface area contributed by atoms with Crippen LogP contribution in [0.3, 0.4) is 0 Å². The average molecular weight is 495 g/mol. The van der Waals surface area contributed by atoms with Gasteiger partial charge < -0.3 is 4.90 Å². The van der Waals surface area contributed by atoms with Crippen LogP contribution in [-0.4, -0.2) is 50.1 Å². The van der Waals surface area contributed by atoms with Gasteiger partial charge in [0.25, 0.3) is 11.4 Å². The first-order chi connectivity index (χ1) is 16.4. The number of nitro benzene ring substituents is 2. The van der Waals surface area contributed by atoms with Gasteiger partial charge in [-0.05, 0) is 17.2 Å². The second kappa shape index (κ2) is 10.7. The molecule has 8 nitrogen and oxygen atoms in total. The third-order valence-electron chi connectivity index (χ3n) is 5.72. The summed E-state index contributed by atoms with van der Waals surface area (Å²) < 4.78 is 0.521. The Morgan fingerprint density at radius 1 is 0.824 bits per heavy atom. The van der Waals surface area contributed by atoms with E-state index in [9.17, 15) is 20.2 Å². The maximum atomic E-state index is 11.4. The molecule has 0 N–H and O–H groups in total. The largest absolute Gasteiger partial charge is 0.355 e. The molecule has 0 spiro atoms. The maximum absolute atomic E-state index is 11.4. The third kappa shape index (κ3) is 5.41. The van der Waals surface area contributed by atoms with Gasteiger partial charge in [0.15, 0.2) is 0 Å². The van der Waals surface area contributed by atoms with E-state index in [0.717, 1.165) is 30.9 Å². The zero-order chi connectivity index (χ0) is 24.1. The van der Waals surface area contributed by atoms with Crippen molar-refractivity contribution in [2.24, 2.45) is 0 Å². The quantitative estimate of drug-likeness (QED) is 0.198. The van der Waals surface area contributed by atoms with Crippen LogP contribution in [-0.2, 0) is 0 Å². The minimum absolute atomic E-state index is 0.126. The van der Waals surface area contributed by atoms with E-state index in [-0.39, 0.29) is 17.4 Å². The van der Waals surface area contributed by atoms with Crippen LogP contribution in [0.5, 0.6) is 0 Å². The highest BCUT2D eigenvalue weighted by Crippen LogP contribution is 2.35. The van der Waals surface area contributed by atoms with Crippen LogP contribution in [0.25, 0.3) is 0 Å². The number of thioether (sulfide) groups is 1. The molecule has 0 radical (unpaired) electrons. The summed E-state index contributed by atoms with van der Waals surface area (Å²) in [7, 11) is 0. The lowest BCUT2D eigenvalue weighted by atomic mass is 9.96. The fourth-order valence-electron chi connectivity index (χ4n) is 4.05. The van der Waals surface area contributed by atoms with Crippen molar-refractivity contribution in [3.8, 4) is 0 Å². The van der Waals surface area contributed by atoms with E-state index in [2.05, 4.69) is 29.2 Å². The van der Waals surface area contributed by atoms with E-state index in [1.165, 1.54) is 23.3 Å². The highest BCUT2D eigenvalue weighted by Gasteiger charge is 2.28. The number of thiocarbonyl (C=S) groups is 1. The number of hydrogen-bond acceptors (Lipinski definition) is 7. The molecule has 0 bridgehead atoms. The lowest BCUT2D eigenvalue weighted by Gasteiger charge is -2.40. The van der Waals surface area contributed by atoms with Gasteiger partial charge in [-0.3, -0.25) is 25.1 Å². The van der Waals surface area contributed by atoms with Gasteiger partial charge in [0.1, 0.15) is 4.32 Å². The predicted octanol–water partition coefficient (Wildman–Crippen LogP) is 5.29. The standard InChI is InChI=1S/C24H22N4O4S2/c29-27(30)20-11-12-22(21(17-20)28(31)32)34-24(33)26-15-13-25(14-16-26)23(18-7-3-1-4-8-18)19-9-5-2-6-10-19/h1-12,17,23H,13-16H2. The van der Waals surface area contributed by atoms with Crippen molar-refractivity contribution in [3.05, 3.63) is 110 Å². The zero-order valence-corrected chi connectivity index (χ0v) is 19.8. The van der Waals surface area contributed by atoms with Crippen molar-refractivity contribution < 1.29 is 9.85 Å². The van der Waals surface area contributed by atoms with Gasteiger partial charge in [-0.15, -0.1) is 0 Å². The van der Waals surface area contributed by atoms with Crippen LogP contribution in [0.1, 0.15) is 17.2 Å². The molecule has 0 aliphatic carbocycles. The van der Waals surface area contributed by atoms with E-state index >= 15 is 0 Å². The Morgan fingerprint density at radius 2 is 1.38 bits per heavy atom. The molecule has 1 heterocycles. The molecule has 1 aliphatic heterocycles. The molecule has 0 saturated carbocycles. The third-order valence-corrected chi connectivity index (χ3v) is 7.22. The first kappa shape index (κ1) is 23.8. The van der Waals surface area contributed by atoms with E-state index in [1.807, 2.05) is 41.3 Å². The molecule has 10 heteroatoms. The summed E-state index contributed by atoms with van der Waals surface area (Å²) in [6, 6.07) is 24.5. The molecule has 174 valence electrons. The molecule has 0 unspecified atom stereocenters. The summed E-state index contributed by atoms with van der Waals surface area (Å²) in [5, 5.41) is 22.4. The van der Waals surface area contributed by atoms with Crippen molar-refractivity contribution in [2.75, 3.05) is 26.2 Å². The van der Waals surface area contributed by atoms with E-state index in [4.69, 9.17) is 12.2 Å². The number of non-ortho nitro benzene ring substituents is 1. The Balaban J connectivity index is 1.46. The van der Waals surface area contributed by atoms with Gasteiger partial charge in [0.05, 0.1) is 26.9 Å². The summed E-state index contributed by atoms with van der Waals surface area (Å²) in [6.45, 7) is 2.92. The zero-order valence-electron chi connectivity index (χ0n) is 18.1. The highest BCUT2D eigenvalue weighted by molar-refractivity contribution is 8.23. The molecule has 0 amide bonds. The van der Waals surface area contributed by atoms with E-state index in [0.29, 0.717) is 22.3 Å². The summed E-state index contributed by atoms with van der Waals surface area (Å²) >= 11 is 6.69. The van der Waals surface area contributed by atoms with Crippen molar-refractivity contribution in [1.82, 2.24) is 9.80 Å². The molecule has 0 aromatic heterocycles. The normalized spacial score (nSPS) is 14.2. The van der Waals surface area contributed by atoms with Gasteiger partial charge in [-0.2, -0.15) is 0 Å². The number of nitrogens with zero attached hydrogens (tertiary/aromatic N) is 4. The van der Waals surface area contributed by atoms with Gasteiger partial charge >= 0.3 is 0 Å². The van der Waals surface area contributed by atoms with Crippen LogP contribution in [0.2, 0.25) is 0 Å². The average Bonchev–Trinajstić information content (AvgIpc) is 2.86. The first-order valence-electron chi connectivity index (χ1n) is 10.7. The molecule has 0 atom stereocenters. The second-order valence-corrected chi connectivity index (χ2v) is 9.46. The lowest BCUT2D eigenvalue weighted by Crippen LogP contribution is -2.48.